The van der Waals surface area contributed by atoms with E-state index in [1.807, 2.05) is 0 Å². The van der Waals surface area contributed by atoms with Crippen molar-refractivity contribution >= 4 is 44.8 Å². The van der Waals surface area contributed by atoms with Gasteiger partial charge in [0.25, 0.3) is 5.91 Å². The second-order valence-electron chi connectivity index (χ2n) is 7.73. The van der Waals surface area contributed by atoms with E-state index >= 15 is 0 Å². The van der Waals surface area contributed by atoms with Crippen LogP contribution in [0.25, 0.3) is 0 Å². The average molecular weight is 511 g/mol. The summed E-state index contributed by atoms with van der Waals surface area (Å²) in [5.74, 6) is -0.915. The lowest BCUT2D eigenvalue weighted by atomic mass is 10.2. The van der Waals surface area contributed by atoms with Gasteiger partial charge < -0.3 is 5.32 Å². The maximum atomic E-state index is 13.1. The molecule has 0 radical (unpaired) electrons. The number of rotatable bonds is 6. The molecule has 1 N–H and O–H groups in total. The van der Waals surface area contributed by atoms with Gasteiger partial charge in [0.1, 0.15) is 10.7 Å². The number of hydrogen-bond acceptors (Lipinski definition) is 4. The van der Waals surface area contributed by atoms with Crippen LogP contribution in [0.15, 0.2) is 53.7 Å². The molecule has 0 unspecified atom stereocenters. The van der Waals surface area contributed by atoms with E-state index in [1.165, 1.54) is 34.8 Å². The number of halogens is 3. The summed E-state index contributed by atoms with van der Waals surface area (Å²) >= 11 is 12.4. The molecule has 1 aromatic heterocycles. The van der Waals surface area contributed by atoms with Crippen LogP contribution in [-0.2, 0) is 16.6 Å². The van der Waals surface area contributed by atoms with E-state index in [1.54, 1.807) is 23.0 Å². The first kappa shape index (κ1) is 23.7. The van der Waals surface area contributed by atoms with Crippen LogP contribution in [0.5, 0.6) is 0 Å². The summed E-state index contributed by atoms with van der Waals surface area (Å²) < 4.78 is 42.2. The van der Waals surface area contributed by atoms with E-state index in [0.29, 0.717) is 25.3 Å². The van der Waals surface area contributed by atoms with Crippen molar-refractivity contribution in [3.8, 4) is 0 Å². The monoisotopic (exact) mass is 510 g/mol. The molecule has 1 aliphatic heterocycles. The van der Waals surface area contributed by atoms with E-state index < -0.39 is 15.9 Å². The summed E-state index contributed by atoms with van der Waals surface area (Å²) in [5.41, 5.74) is 1.22. The van der Waals surface area contributed by atoms with Crippen molar-refractivity contribution in [3.63, 3.8) is 0 Å². The molecule has 11 heteroatoms. The Bertz CT molecular complexity index is 1270. The summed E-state index contributed by atoms with van der Waals surface area (Å²) in [6.07, 6.45) is 5.59. The highest BCUT2D eigenvalue weighted by Crippen LogP contribution is 2.32. The number of hydrogen-bond donors (Lipinski definition) is 1. The highest BCUT2D eigenvalue weighted by molar-refractivity contribution is 7.89. The number of aromatic nitrogens is 2. The van der Waals surface area contributed by atoms with Gasteiger partial charge in [0.2, 0.25) is 10.0 Å². The van der Waals surface area contributed by atoms with Crippen molar-refractivity contribution < 1.29 is 17.6 Å². The van der Waals surface area contributed by atoms with Gasteiger partial charge in [-0.15, -0.1) is 0 Å². The first-order chi connectivity index (χ1) is 15.7. The van der Waals surface area contributed by atoms with Gasteiger partial charge in [-0.05, 0) is 42.7 Å². The fourth-order valence-electron chi connectivity index (χ4n) is 3.64. The highest BCUT2D eigenvalue weighted by Gasteiger charge is 2.29. The van der Waals surface area contributed by atoms with E-state index in [-0.39, 0.29) is 26.3 Å². The van der Waals surface area contributed by atoms with Gasteiger partial charge in [0, 0.05) is 19.3 Å². The molecule has 1 saturated heterocycles. The van der Waals surface area contributed by atoms with Crippen LogP contribution in [0.1, 0.15) is 35.2 Å². The Morgan fingerprint density at radius 1 is 1.06 bits per heavy atom. The molecule has 1 fully saturated rings. The molecule has 2 heterocycles. The van der Waals surface area contributed by atoms with Crippen LogP contribution < -0.4 is 5.32 Å². The Labute approximate surface area is 201 Å². The molecule has 4 rings (SSSR count). The van der Waals surface area contributed by atoms with Gasteiger partial charge >= 0.3 is 0 Å². The van der Waals surface area contributed by atoms with Crippen LogP contribution in [0.3, 0.4) is 0 Å². The number of sulfonamides is 1. The lowest BCUT2D eigenvalue weighted by Gasteiger charge is -2.26. The van der Waals surface area contributed by atoms with Gasteiger partial charge in [-0.2, -0.15) is 9.40 Å². The lowest BCUT2D eigenvalue weighted by Crippen LogP contribution is -2.35. The highest BCUT2D eigenvalue weighted by atomic mass is 35.5. The Kier molecular flexibility index (Phi) is 7.04. The zero-order valence-corrected chi connectivity index (χ0v) is 19.8. The molecule has 33 heavy (non-hydrogen) atoms. The van der Waals surface area contributed by atoms with Crippen molar-refractivity contribution in [3.05, 3.63) is 75.8 Å². The van der Waals surface area contributed by atoms with Crippen LogP contribution >= 0.6 is 23.2 Å². The lowest BCUT2D eigenvalue weighted by molar-refractivity contribution is 0.102. The fourth-order valence-corrected chi connectivity index (χ4v) is 5.99. The number of nitrogens with one attached hydrogen (secondary N) is 1. The second-order valence-corrected chi connectivity index (χ2v) is 10.5. The molecular weight excluding hydrogens is 490 g/mol. The maximum absolute atomic E-state index is 13.1. The summed E-state index contributed by atoms with van der Waals surface area (Å²) in [5, 5.41) is 6.86. The first-order valence-electron chi connectivity index (χ1n) is 10.3. The zero-order chi connectivity index (χ0) is 23.6. The number of carbonyl (C=O) groups excluding carboxylic acids is 1. The van der Waals surface area contributed by atoms with Crippen LogP contribution in [0.2, 0.25) is 10.0 Å². The number of anilines is 1. The molecule has 0 spiro atoms. The van der Waals surface area contributed by atoms with Crippen LogP contribution in [0.4, 0.5) is 10.1 Å². The first-order valence-corrected chi connectivity index (χ1v) is 12.5. The third-order valence-corrected chi connectivity index (χ3v) is 8.02. The minimum Gasteiger partial charge on any atom is -0.319 e. The topological polar surface area (TPSA) is 84.3 Å². The van der Waals surface area contributed by atoms with Crippen molar-refractivity contribution in [2.75, 3.05) is 18.4 Å². The van der Waals surface area contributed by atoms with Gasteiger partial charge in [-0.3, -0.25) is 9.48 Å². The van der Waals surface area contributed by atoms with Gasteiger partial charge in [-0.25, -0.2) is 12.8 Å². The zero-order valence-electron chi connectivity index (χ0n) is 17.5. The number of carbonyl (C=O) groups is 1. The van der Waals surface area contributed by atoms with Crippen LogP contribution in [-0.4, -0.2) is 41.5 Å². The second kappa shape index (κ2) is 9.80. The van der Waals surface area contributed by atoms with Crippen molar-refractivity contribution in [2.24, 2.45) is 0 Å². The molecule has 2 aromatic carbocycles. The van der Waals surface area contributed by atoms with Gasteiger partial charge in [0.15, 0.2) is 0 Å². The summed E-state index contributed by atoms with van der Waals surface area (Å²) in [6.45, 7) is 1.21. The molecule has 174 valence electrons. The van der Waals surface area contributed by atoms with Crippen molar-refractivity contribution in [1.29, 1.82) is 0 Å². The number of amides is 1. The fraction of sp³-hybridized carbons (Fsp3) is 0.273. The van der Waals surface area contributed by atoms with E-state index in [0.717, 1.165) is 24.8 Å². The van der Waals surface area contributed by atoms with Crippen LogP contribution in [0, 0.1) is 5.82 Å². The number of piperidine rings is 1. The summed E-state index contributed by atoms with van der Waals surface area (Å²) in [4.78, 5) is 12.7. The smallest absolute Gasteiger partial charge is 0.257 e. The van der Waals surface area contributed by atoms with Gasteiger partial charge in [-0.1, -0.05) is 41.8 Å². The summed E-state index contributed by atoms with van der Waals surface area (Å²) in [6, 6.07) is 8.50. The molecule has 0 atom stereocenters. The predicted octanol–water partition coefficient (Wildman–Crippen LogP) is 4.80. The van der Waals surface area contributed by atoms with Gasteiger partial charge in [0.05, 0.1) is 34.0 Å². The van der Waals surface area contributed by atoms with Crippen molar-refractivity contribution in [1.82, 2.24) is 14.1 Å². The molecule has 1 amide bonds. The molecule has 0 bridgehead atoms. The average Bonchev–Trinajstić information content (AvgIpc) is 3.22. The SMILES string of the molecule is O=C(Nc1cnn(Cc2ccc(F)cc2)c1)c1cc(S(=O)(=O)N2CCCCC2)c(Cl)cc1Cl. The Balaban J connectivity index is 1.53. The normalized spacial score (nSPS) is 14.9. The molecule has 0 aliphatic carbocycles. The minimum absolute atomic E-state index is 0.0112. The third kappa shape index (κ3) is 5.38. The van der Waals surface area contributed by atoms with E-state index in [9.17, 15) is 17.6 Å². The molecule has 1 aliphatic rings. The largest absolute Gasteiger partial charge is 0.319 e. The predicted molar refractivity (Wildman–Crippen MR) is 125 cm³/mol. The third-order valence-electron chi connectivity index (χ3n) is 5.35. The number of benzene rings is 2. The minimum atomic E-state index is -3.85. The molecule has 7 nitrogen and oxygen atoms in total. The molecular formula is C22H21Cl2FN4O3S. The van der Waals surface area contributed by atoms with Crippen molar-refractivity contribution in [2.45, 2.75) is 30.7 Å². The Hall–Kier alpha value is -2.46. The number of nitrogens with zero attached hydrogens (tertiary/aromatic N) is 3. The Morgan fingerprint density at radius 3 is 2.45 bits per heavy atom. The maximum Gasteiger partial charge on any atom is 0.257 e. The summed E-state index contributed by atoms with van der Waals surface area (Å²) in [7, 11) is -3.85. The van der Waals surface area contributed by atoms with E-state index in [4.69, 9.17) is 23.2 Å². The molecule has 3 aromatic rings. The standard InChI is InChI=1S/C22H21Cl2FN4O3S/c23-19-11-20(24)21(33(31,32)29-8-2-1-3-9-29)10-18(19)22(30)27-17-12-26-28(14-17)13-15-4-6-16(25)7-5-15/h4-7,10-12,14H,1-3,8-9,13H2,(H,27,30). The van der Waals surface area contributed by atoms with E-state index in [2.05, 4.69) is 10.4 Å². The quantitative estimate of drug-likeness (QED) is 0.515. The Morgan fingerprint density at radius 2 is 1.76 bits per heavy atom. The molecule has 0 saturated carbocycles.